The molecule has 10 heteroatoms. The third-order valence-electron chi connectivity index (χ3n) is 5.85. The highest BCUT2D eigenvalue weighted by molar-refractivity contribution is 7.80. The number of nitrogens with zero attached hydrogens (tertiary/aromatic N) is 3. The summed E-state index contributed by atoms with van der Waals surface area (Å²) < 4.78 is 6.17. The third kappa shape index (κ3) is 4.66. The van der Waals surface area contributed by atoms with Gasteiger partial charge in [0.1, 0.15) is 24.1 Å². The number of pyridine rings is 1. The Kier molecular flexibility index (Phi) is 6.42. The summed E-state index contributed by atoms with van der Waals surface area (Å²) in [6, 6.07) is 23.6. The van der Waals surface area contributed by atoms with Gasteiger partial charge in [0.05, 0.1) is 22.2 Å². The highest BCUT2D eigenvalue weighted by atomic mass is 32.1. The number of nitro groups is 1. The van der Waals surface area contributed by atoms with Gasteiger partial charge in [0.2, 0.25) is 5.91 Å². The minimum atomic E-state index is -0.509. The molecule has 4 aromatic rings. The van der Waals surface area contributed by atoms with E-state index in [4.69, 9.17) is 16.6 Å². The van der Waals surface area contributed by atoms with Crippen molar-refractivity contribution >= 4 is 34.6 Å². The normalized spacial score (nSPS) is 17.0. The van der Waals surface area contributed by atoms with Gasteiger partial charge in [0.15, 0.2) is 5.11 Å². The SMILES string of the molecule is O=C(CN1C(=S)N[C@@H](c2ccccn2)[C@H]1c1ccc(-c2ccccc2[N+](=O)[O-])o1)Nc1ccccc1. The zero-order chi connectivity index (χ0) is 25.1. The maximum Gasteiger partial charge on any atom is 0.280 e. The Morgan fingerprint density at radius 3 is 2.56 bits per heavy atom. The second kappa shape index (κ2) is 9.96. The molecule has 2 atom stereocenters. The summed E-state index contributed by atoms with van der Waals surface area (Å²) >= 11 is 5.61. The molecule has 1 fully saturated rings. The predicted octanol–water partition coefficient (Wildman–Crippen LogP) is 4.86. The van der Waals surface area contributed by atoms with Crippen molar-refractivity contribution in [2.45, 2.75) is 12.1 Å². The fourth-order valence-corrected chi connectivity index (χ4v) is 4.56. The van der Waals surface area contributed by atoms with E-state index in [1.54, 1.807) is 53.6 Å². The van der Waals surface area contributed by atoms with E-state index in [1.165, 1.54) is 6.07 Å². The van der Waals surface area contributed by atoms with Crippen molar-refractivity contribution in [1.29, 1.82) is 0 Å². The van der Waals surface area contributed by atoms with Gasteiger partial charge in [-0.25, -0.2) is 0 Å². The number of rotatable bonds is 7. The number of anilines is 1. The molecule has 0 bridgehead atoms. The van der Waals surface area contributed by atoms with E-state index in [2.05, 4.69) is 15.6 Å². The van der Waals surface area contributed by atoms with Gasteiger partial charge in [0, 0.05) is 18.0 Å². The maximum absolute atomic E-state index is 12.9. The average molecular weight is 500 g/mol. The van der Waals surface area contributed by atoms with Gasteiger partial charge in [-0.15, -0.1) is 0 Å². The summed E-state index contributed by atoms with van der Waals surface area (Å²) in [5, 5.41) is 18.1. The van der Waals surface area contributed by atoms with Crippen LogP contribution in [0.25, 0.3) is 11.3 Å². The summed E-state index contributed by atoms with van der Waals surface area (Å²) in [4.78, 5) is 30.2. The number of nitro benzene ring substituents is 1. The Bertz CT molecular complexity index is 1410. The van der Waals surface area contributed by atoms with Crippen molar-refractivity contribution in [3.05, 3.63) is 113 Å². The number of carbonyl (C=O) groups excluding carboxylic acids is 1. The quantitative estimate of drug-likeness (QED) is 0.211. The Labute approximate surface area is 211 Å². The zero-order valence-electron chi connectivity index (χ0n) is 18.9. The van der Waals surface area contributed by atoms with E-state index in [1.807, 2.05) is 36.4 Å². The third-order valence-corrected chi connectivity index (χ3v) is 6.21. The van der Waals surface area contributed by atoms with E-state index in [-0.39, 0.29) is 18.1 Å². The standard InChI is InChI=1S/C26H21N5O4S/c32-23(28-17-8-2-1-3-9-17)16-30-25(24(29-26(30)36)19-11-6-7-15-27-19)22-14-13-21(35-22)18-10-4-5-12-20(18)31(33)34/h1-15,24-25H,16H2,(H,28,32)(H,29,36)/t24-,25+/m0/s1. The smallest absolute Gasteiger partial charge is 0.280 e. The van der Waals surface area contributed by atoms with Crippen LogP contribution in [0.1, 0.15) is 23.5 Å². The van der Waals surface area contributed by atoms with Crippen LogP contribution >= 0.6 is 12.2 Å². The minimum absolute atomic E-state index is 0.0315. The highest BCUT2D eigenvalue weighted by Crippen LogP contribution is 2.41. The lowest BCUT2D eigenvalue weighted by atomic mass is 10.0. The van der Waals surface area contributed by atoms with E-state index in [0.29, 0.717) is 27.9 Å². The lowest BCUT2D eigenvalue weighted by Gasteiger charge is -2.25. The van der Waals surface area contributed by atoms with Crippen LogP contribution in [-0.4, -0.2) is 32.4 Å². The van der Waals surface area contributed by atoms with Crippen LogP contribution in [0.3, 0.4) is 0 Å². The fourth-order valence-electron chi connectivity index (χ4n) is 4.26. The molecular weight excluding hydrogens is 478 g/mol. The van der Waals surface area contributed by atoms with E-state index in [9.17, 15) is 14.9 Å². The Hall–Kier alpha value is -4.57. The Morgan fingerprint density at radius 1 is 1.06 bits per heavy atom. The summed E-state index contributed by atoms with van der Waals surface area (Å²) in [6.45, 7) is -0.0315. The molecular formula is C26H21N5O4S. The largest absolute Gasteiger partial charge is 0.459 e. The van der Waals surface area contributed by atoms with Crippen molar-refractivity contribution in [2.24, 2.45) is 0 Å². The molecule has 36 heavy (non-hydrogen) atoms. The van der Waals surface area contributed by atoms with E-state index >= 15 is 0 Å². The highest BCUT2D eigenvalue weighted by Gasteiger charge is 2.42. The first-order valence-corrected chi connectivity index (χ1v) is 11.6. The topological polar surface area (TPSA) is 114 Å². The van der Waals surface area contributed by atoms with Crippen LogP contribution in [-0.2, 0) is 4.79 Å². The predicted molar refractivity (Wildman–Crippen MR) is 138 cm³/mol. The molecule has 2 N–H and O–H groups in total. The summed E-state index contributed by atoms with van der Waals surface area (Å²) in [5.74, 6) is 0.602. The van der Waals surface area contributed by atoms with Crippen LogP contribution < -0.4 is 10.6 Å². The number of carbonyl (C=O) groups is 1. The van der Waals surface area contributed by atoms with Crippen molar-refractivity contribution in [2.75, 3.05) is 11.9 Å². The van der Waals surface area contributed by atoms with Gasteiger partial charge in [-0.2, -0.15) is 0 Å². The number of hydrogen-bond acceptors (Lipinski definition) is 6. The van der Waals surface area contributed by atoms with Gasteiger partial charge >= 0.3 is 0 Å². The number of aromatic nitrogens is 1. The van der Waals surface area contributed by atoms with Gasteiger partial charge in [-0.3, -0.25) is 19.9 Å². The average Bonchev–Trinajstić information content (AvgIpc) is 3.50. The van der Waals surface area contributed by atoms with Crippen LogP contribution in [0.15, 0.2) is 95.5 Å². The first-order valence-electron chi connectivity index (χ1n) is 11.2. The molecule has 1 saturated heterocycles. The lowest BCUT2D eigenvalue weighted by Crippen LogP contribution is -2.36. The minimum Gasteiger partial charge on any atom is -0.459 e. The van der Waals surface area contributed by atoms with E-state index < -0.39 is 17.0 Å². The number of furan rings is 1. The molecule has 5 rings (SSSR count). The number of thiocarbonyl (C=S) groups is 1. The molecule has 3 heterocycles. The fraction of sp³-hybridized carbons (Fsp3) is 0.115. The molecule has 0 aliphatic carbocycles. The molecule has 0 unspecified atom stereocenters. The number of benzene rings is 2. The molecule has 2 aromatic carbocycles. The zero-order valence-corrected chi connectivity index (χ0v) is 19.7. The first-order chi connectivity index (χ1) is 17.5. The molecule has 0 radical (unpaired) electrons. The van der Waals surface area contributed by atoms with Gasteiger partial charge in [-0.05, 0) is 54.7 Å². The molecule has 0 spiro atoms. The maximum atomic E-state index is 12.9. The molecule has 0 saturated carbocycles. The second-order valence-corrected chi connectivity index (χ2v) is 8.53. The molecule has 1 aliphatic rings. The molecule has 1 aliphatic heterocycles. The molecule has 9 nitrogen and oxygen atoms in total. The van der Waals surface area contributed by atoms with Crippen molar-refractivity contribution in [3.8, 4) is 11.3 Å². The van der Waals surface area contributed by atoms with Gasteiger partial charge < -0.3 is 20.0 Å². The van der Waals surface area contributed by atoms with Crippen LogP contribution in [0.2, 0.25) is 0 Å². The molecule has 1 amide bonds. The van der Waals surface area contributed by atoms with Crippen LogP contribution in [0.5, 0.6) is 0 Å². The van der Waals surface area contributed by atoms with Crippen LogP contribution in [0.4, 0.5) is 11.4 Å². The van der Waals surface area contributed by atoms with Gasteiger partial charge in [-0.1, -0.05) is 36.4 Å². The molecule has 180 valence electrons. The Balaban J connectivity index is 1.49. The molecule has 2 aromatic heterocycles. The number of nitrogens with one attached hydrogen (secondary N) is 2. The number of amides is 1. The van der Waals surface area contributed by atoms with Crippen molar-refractivity contribution in [3.63, 3.8) is 0 Å². The summed E-state index contributed by atoms with van der Waals surface area (Å²) in [6.07, 6.45) is 1.68. The van der Waals surface area contributed by atoms with Crippen molar-refractivity contribution in [1.82, 2.24) is 15.2 Å². The summed E-state index contributed by atoms with van der Waals surface area (Å²) in [5.41, 5.74) is 1.71. The first kappa shape index (κ1) is 23.2. The van der Waals surface area contributed by atoms with Gasteiger partial charge in [0.25, 0.3) is 5.69 Å². The van der Waals surface area contributed by atoms with Crippen LogP contribution in [0, 0.1) is 10.1 Å². The number of para-hydroxylation sites is 2. The monoisotopic (exact) mass is 499 g/mol. The van der Waals surface area contributed by atoms with E-state index in [0.717, 1.165) is 5.69 Å². The Morgan fingerprint density at radius 2 is 1.81 bits per heavy atom. The van der Waals surface area contributed by atoms with Crippen molar-refractivity contribution < 1.29 is 14.1 Å². The second-order valence-electron chi connectivity index (χ2n) is 8.14. The number of hydrogen-bond donors (Lipinski definition) is 2. The lowest BCUT2D eigenvalue weighted by molar-refractivity contribution is -0.384. The summed E-state index contributed by atoms with van der Waals surface area (Å²) in [7, 11) is 0.